The van der Waals surface area contributed by atoms with Gasteiger partial charge in [-0.1, -0.05) is 26.2 Å². The molecule has 0 bridgehead atoms. The molecule has 29 heavy (non-hydrogen) atoms. The van der Waals surface area contributed by atoms with E-state index >= 15 is 0 Å². The van der Waals surface area contributed by atoms with Gasteiger partial charge in [0.25, 0.3) is 0 Å². The Morgan fingerprint density at radius 3 is 2.24 bits per heavy atom. The lowest BCUT2D eigenvalue weighted by molar-refractivity contribution is -0.545. The SMILES string of the molecule is CCCCCCC1=[N+](Cc2ccc(OC)cc2)CCc2cc(OC)c(OC)cc21. The summed E-state index contributed by atoms with van der Waals surface area (Å²) >= 11 is 0. The summed E-state index contributed by atoms with van der Waals surface area (Å²) in [6.45, 7) is 4.20. The van der Waals surface area contributed by atoms with Crippen molar-refractivity contribution in [1.82, 2.24) is 0 Å². The number of rotatable bonds is 10. The molecule has 0 saturated carbocycles. The van der Waals surface area contributed by atoms with Crippen LogP contribution in [0, 0.1) is 0 Å². The largest absolute Gasteiger partial charge is 0.497 e. The predicted octanol–water partition coefficient (Wildman–Crippen LogP) is 5.24. The summed E-state index contributed by atoms with van der Waals surface area (Å²) in [6, 6.07) is 12.7. The zero-order valence-electron chi connectivity index (χ0n) is 18.3. The Balaban J connectivity index is 1.94. The number of hydrogen-bond donors (Lipinski definition) is 0. The topological polar surface area (TPSA) is 30.7 Å². The van der Waals surface area contributed by atoms with E-state index < -0.39 is 0 Å². The average Bonchev–Trinajstić information content (AvgIpc) is 2.77. The Bertz CT molecular complexity index is 840. The fraction of sp³-hybridized carbons (Fsp3) is 0.480. The molecule has 2 aromatic carbocycles. The van der Waals surface area contributed by atoms with Gasteiger partial charge < -0.3 is 14.2 Å². The lowest BCUT2D eigenvalue weighted by atomic mass is 9.92. The van der Waals surface area contributed by atoms with Crippen LogP contribution in [0.1, 0.15) is 55.7 Å². The fourth-order valence-electron chi connectivity index (χ4n) is 4.10. The molecule has 1 heterocycles. The molecule has 0 amide bonds. The van der Waals surface area contributed by atoms with Crippen LogP contribution in [0.5, 0.6) is 17.2 Å². The molecule has 2 aromatic rings. The van der Waals surface area contributed by atoms with Gasteiger partial charge in [0.1, 0.15) is 12.3 Å². The minimum atomic E-state index is 0.809. The van der Waals surface area contributed by atoms with Crippen LogP contribution < -0.4 is 14.2 Å². The van der Waals surface area contributed by atoms with Crippen LogP contribution in [0.25, 0.3) is 0 Å². The molecule has 0 spiro atoms. The summed E-state index contributed by atoms with van der Waals surface area (Å²) in [6.07, 6.45) is 7.16. The van der Waals surface area contributed by atoms with Crippen LogP contribution in [-0.2, 0) is 13.0 Å². The van der Waals surface area contributed by atoms with E-state index in [1.54, 1.807) is 21.3 Å². The van der Waals surface area contributed by atoms with E-state index in [0.717, 1.165) is 43.2 Å². The van der Waals surface area contributed by atoms with Crippen LogP contribution in [0.2, 0.25) is 0 Å². The maximum atomic E-state index is 5.60. The van der Waals surface area contributed by atoms with Gasteiger partial charge in [-0.25, -0.2) is 4.58 Å². The first-order chi connectivity index (χ1) is 14.2. The number of benzene rings is 2. The molecular formula is C25H34NO3+. The Hall–Kier alpha value is -2.49. The molecule has 1 aliphatic rings. The summed E-state index contributed by atoms with van der Waals surface area (Å²) in [5.74, 6) is 2.53. The Kier molecular flexibility index (Phi) is 7.56. The number of unbranched alkanes of at least 4 members (excludes halogenated alkanes) is 3. The van der Waals surface area contributed by atoms with Crippen molar-refractivity contribution in [3.63, 3.8) is 0 Å². The van der Waals surface area contributed by atoms with E-state index in [9.17, 15) is 0 Å². The summed E-state index contributed by atoms with van der Waals surface area (Å²) in [4.78, 5) is 0. The average molecular weight is 397 g/mol. The quantitative estimate of drug-likeness (QED) is 0.406. The van der Waals surface area contributed by atoms with E-state index in [1.807, 2.05) is 12.1 Å². The lowest BCUT2D eigenvalue weighted by Gasteiger charge is -2.21. The molecule has 0 N–H and O–H groups in total. The molecule has 0 fully saturated rings. The highest BCUT2D eigenvalue weighted by Crippen LogP contribution is 2.33. The molecular weight excluding hydrogens is 362 g/mol. The van der Waals surface area contributed by atoms with Crippen molar-refractivity contribution in [2.75, 3.05) is 27.9 Å². The van der Waals surface area contributed by atoms with Gasteiger partial charge in [0.15, 0.2) is 23.8 Å². The van der Waals surface area contributed by atoms with E-state index in [-0.39, 0.29) is 0 Å². The van der Waals surface area contributed by atoms with Crippen LogP contribution in [-0.4, -0.2) is 38.2 Å². The number of hydrogen-bond acceptors (Lipinski definition) is 3. The molecule has 4 heteroatoms. The van der Waals surface area contributed by atoms with Gasteiger partial charge in [-0.15, -0.1) is 0 Å². The molecule has 0 unspecified atom stereocenters. The number of ether oxygens (including phenoxy) is 3. The molecule has 0 aliphatic carbocycles. The Morgan fingerprint density at radius 1 is 0.862 bits per heavy atom. The van der Waals surface area contributed by atoms with E-state index in [0.29, 0.717) is 0 Å². The van der Waals surface area contributed by atoms with Crippen LogP contribution in [0.15, 0.2) is 36.4 Å². The van der Waals surface area contributed by atoms with Crippen molar-refractivity contribution in [3.8, 4) is 17.2 Å². The number of nitrogens with zero attached hydrogens (tertiary/aromatic N) is 1. The third-order valence-electron chi connectivity index (χ3n) is 5.75. The monoisotopic (exact) mass is 396 g/mol. The molecule has 4 nitrogen and oxygen atoms in total. The highest BCUT2D eigenvalue weighted by Gasteiger charge is 2.27. The summed E-state index contributed by atoms with van der Waals surface area (Å²) in [5.41, 5.74) is 5.41. The molecule has 3 rings (SSSR count). The van der Waals surface area contributed by atoms with Crippen molar-refractivity contribution < 1.29 is 18.8 Å². The van der Waals surface area contributed by atoms with E-state index in [2.05, 4.69) is 35.8 Å². The first kappa shape index (κ1) is 21.2. The highest BCUT2D eigenvalue weighted by atomic mass is 16.5. The summed E-state index contributed by atoms with van der Waals surface area (Å²) in [5, 5.41) is 0. The number of methoxy groups -OCH3 is 3. The third kappa shape index (κ3) is 5.11. The normalized spacial score (nSPS) is 13.2. The van der Waals surface area contributed by atoms with Gasteiger partial charge in [-0.05, 0) is 48.4 Å². The van der Waals surface area contributed by atoms with Crippen LogP contribution in [0.3, 0.4) is 0 Å². The first-order valence-electron chi connectivity index (χ1n) is 10.7. The van der Waals surface area contributed by atoms with Crippen molar-refractivity contribution in [2.45, 2.75) is 52.0 Å². The second kappa shape index (κ2) is 10.3. The maximum absolute atomic E-state index is 5.60. The van der Waals surface area contributed by atoms with Crippen molar-refractivity contribution in [1.29, 1.82) is 0 Å². The number of fused-ring (bicyclic) bond motifs is 1. The van der Waals surface area contributed by atoms with Gasteiger partial charge in [0.2, 0.25) is 0 Å². The second-order valence-electron chi connectivity index (χ2n) is 7.64. The maximum Gasteiger partial charge on any atom is 0.184 e. The molecule has 1 aliphatic heterocycles. The van der Waals surface area contributed by atoms with Gasteiger partial charge >= 0.3 is 0 Å². The van der Waals surface area contributed by atoms with Crippen molar-refractivity contribution >= 4 is 5.71 Å². The smallest absolute Gasteiger partial charge is 0.184 e. The molecule has 156 valence electrons. The van der Waals surface area contributed by atoms with Gasteiger partial charge in [-0.2, -0.15) is 0 Å². The summed E-state index contributed by atoms with van der Waals surface area (Å²) < 4.78 is 19.0. The van der Waals surface area contributed by atoms with Gasteiger partial charge in [0, 0.05) is 24.0 Å². The zero-order chi connectivity index (χ0) is 20.6. The molecule has 0 radical (unpaired) electrons. The van der Waals surface area contributed by atoms with Crippen LogP contribution in [0.4, 0.5) is 0 Å². The molecule has 0 atom stereocenters. The summed E-state index contributed by atoms with van der Waals surface area (Å²) in [7, 11) is 5.13. The second-order valence-corrected chi connectivity index (χ2v) is 7.64. The Morgan fingerprint density at radius 2 is 1.59 bits per heavy atom. The zero-order valence-corrected chi connectivity index (χ0v) is 18.3. The van der Waals surface area contributed by atoms with Crippen LogP contribution >= 0.6 is 0 Å². The van der Waals surface area contributed by atoms with Gasteiger partial charge in [0.05, 0.1) is 21.3 Å². The van der Waals surface area contributed by atoms with Crippen molar-refractivity contribution in [2.24, 2.45) is 0 Å². The molecule has 0 aromatic heterocycles. The first-order valence-corrected chi connectivity index (χ1v) is 10.7. The predicted molar refractivity (Wildman–Crippen MR) is 118 cm³/mol. The Labute approximate surface area is 175 Å². The third-order valence-corrected chi connectivity index (χ3v) is 5.75. The fourth-order valence-corrected chi connectivity index (χ4v) is 4.10. The van der Waals surface area contributed by atoms with E-state index in [1.165, 1.54) is 48.1 Å². The minimum Gasteiger partial charge on any atom is -0.497 e. The highest BCUT2D eigenvalue weighted by molar-refractivity contribution is 5.99. The standard InChI is InChI=1S/C25H34NO3/c1-5-6-7-8-9-23-22-17-25(29-4)24(28-3)16-20(22)14-15-26(23)18-19-10-12-21(27-2)13-11-19/h10-13,16-17H,5-9,14-15,18H2,1-4H3/q+1. The lowest BCUT2D eigenvalue weighted by Crippen LogP contribution is -2.30. The van der Waals surface area contributed by atoms with Crippen molar-refractivity contribution in [3.05, 3.63) is 53.1 Å². The minimum absolute atomic E-state index is 0.809. The van der Waals surface area contributed by atoms with E-state index in [4.69, 9.17) is 14.2 Å². The molecule has 0 saturated heterocycles. The van der Waals surface area contributed by atoms with Gasteiger partial charge in [-0.3, -0.25) is 0 Å².